The number of Topliss-reactive ketones (excluding diaryl/α,β-unsaturated/α-hetero) is 1. The van der Waals surface area contributed by atoms with Crippen molar-refractivity contribution >= 4 is 29.2 Å². The lowest BCUT2D eigenvalue weighted by molar-refractivity contribution is 0.0675. The van der Waals surface area contributed by atoms with E-state index >= 15 is 0 Å². The molecule has 25 heavy (non-hydrogen) atoms. The van der Waals surface area contributed by atoms with Gasteiger partial charge in [0.05, 0.1) is 11.1 Å². The Kier molecular flexibility index (Phi) is 4.42. The minimum Gasteiger partial charge on any atom is -0.382 e. The van der Waals surface area contributed by atoms with Crippen molar-refractivity contribution in [2.45, 2.75) is 0 Å². The fraction of sp³-hybridized carbons (Fsp3) is 0.105. The molecule has 0 aromatic heterocycles. The molecule has 0 unspecified atom stereocenters. The molecule has 0 radical (unpaired) electrons. The maximum atomic E-state index is 12.9. The van der Waals surface area contributed by atoms with Crippen LogP contribution in [0.3, 0.4) is 0 Å². The average Bonchev–Trinajstić information content (AvgIpc) is 2.84. The predicted molar refractivity (Wildman–Crippen MR) is 94.5 cm³/mol. The van der Waals surface area contributed by atoms with Gasteiger partial charge in [-0.05, 0) is 36.4 Å². The van der Waals surface area contributed by atoms with Gasteiger partial charge in [0, 0.05) is 30.9 Å². The monoisotopic (exact) mass is 354 g/mol. The number of ketones is 1. The van der Waals surface area contributed by atoms with Gasteiger partial charge >= 0.3 is 0 Å². The fourth-order valence-corrected chi connectivity index (χ4v) is 2.75. The van der Waals surface area contributed by atoms with Gasteiger partial charge in [0.15, 0.2) is 0 Å². The molecule has 2 aromatic carbocycles. The van der Waals surface area contributed by atoms with Gasteiger partial charge in [-0.3, -0.25) is 14.4 Å². The van der Waals surface area contributed by atoms with Crippen molar-refractivity contribution in [2.24, 2.45) is 0 Å². The van der Waals surface area contributed by atoms with Crippen molar-refractivity contribution in [3.63, 3.8) is 0 Å². The van der Waals surface area contributed by atoms with E-state index in [1.165, 1.54) is 6.20 Å². The van der Waals surface area contributed by atoms with Crippen LogP contribution < -0.4 is 0 Å². The highest BCUT2D eigenvalue weighted by atomic mass is 35.5. The standard InChI is InChI=1S/C19H15ClN2O3/c1-21(2)11-16(17(23)12-7-9-13(20)10-8-12)22-18(24)14-5-3-4-6-15(14)19(22)25/h3-11H,1-2H3/b16-11-. The van der Waals surface area contributed by atoms with Crippen molar-refractivity contribution < 1.29 is 14.4 Å². The van der Waals surface area contributed by atoms with E-state index in [1.54, 1.807) is 67.5 Å². The second kappa shape index (κ2) is 6.53. The van der Waals surface area contributed by atoms with Crippen LogP contribution in [0.4, 0.5) is 0 Å². The molecule has 0 saturated carbocycles. The Morgan fingerprint density at radius 2 is 1.48 bits per heavy atom. The van der Waals surface area contributed by atoms with Gasteiger partial charge in [-0.1, -0.05) is 23.7 Å². The maximum Gasteiger partial charge on any atom is 0.266 e. The lowest BCUT2D eigenvalue weighted by atomic mass is 10.1. The third kappa shape index (κ3) is 3.06. The topological polar surface area (TPSA) is 57.7 Å². The van der Waals surface area contributed by atoms with E-state index < -0.39 is 17.6 Å². The Labute approximate surface area is 150 Å². The van der Waals surface area contributed by atoms with E-state index in [0.717, 1.165) is 4.90 Å². The summed E-state index contributed by atoms with van der Waals surface area (Å²) in [5.41, 5.74) is 0.926. The van der Waals surface area contributed by atoms with Crippen molar-refractivity contribution in [1.82, 2.24) is 9.80 Å². The zero-order valence-electron chi connectivity index (χ0n) is 13.7. The molecule has 1 aliphatic heterocycles. The number of halogens is 1. The van der Waals surface area contributed by atoms with E-state index in [4.69, 9.17) is 11.6 Å². The third-order valence-corrected chi connectivity index (χ3v) is 4.01. The van der Waals surface area contributed by atoms with Crippen LogP contribution in [-0.4, -0.2) is 41.5 Å². The van der Waals surface area contributed by atoms with Gasteiger partial charge in [0.25, 0.3) is 11.8 Å². The zero-order chi connectivity index (χ0) is 18.1. The van der Waals surface area contributed by atoms with Gasteiger partial charge in [-0.2, -0.15) is 0 Å². The Morgan fingerprint density at radius 3 is 1.96 bits per heavy atom. The Bertz CT molecular complexity index is 866. The first-order valence-corrected chi connectivity index (χ1v) is 7.94. The second-order valence-corrected chi connectivity index (χ2v) is 6.24. The molecule has 1 heterocycles. The molecule has 0 spiro atoms. The minimum atomic E-state index is -0.504. The van der Waals surface area contributed by atoms with Crippen molar-refractivity contribution in [2.75, 3.05) is 14.1 Å². The number of rotatable bonds is 4. The third-order valence-electron chi connectivity index (χ3n) is 3.75. The Hall–Kier alpha value is -2.92. The highest BCUT2D eigenvalue weighted by Gasteiger charge is 2.39. The normalized spacial score (nSPS) is 13.9. The van der Waals surface area contributed by atoms with Crippen LogP contribution in [0, 0.1) is 0 Å². The molecule has 6 heteroatoms. The van der Waals surface area contributed by atoms with Crippen LogP contribution >= 0.6 is 11.6 Å². The van der Waals surface area contributed by atoms with Crippen LogP contribution in [0.15, 0.2) is 60.4 Å². The Balaban J connectivity index is 2.06. The van der Waals surface area contributed by atoms with Crippen molar-refractivity contribution in [3.8, 4) is 0 Å². The first kappa shape index (κ1) is 16.9. The molecule has 0 aliphatic carbocycles. The smallest absolute Gasteiger partial charge is 0.266 e. The molecule has 0 bridgehead atoms. The van der Waals surface area contributed by atoms with Crippen LogP contribution in [0.25, 0.3) is 0 Å². The molecule has 0 atom stereocenters. The van der Waals surface area contributed by atoms with Crippen LogP contribution in [0.1, 0.15) is 31.1 Å². The number of fused-ring (bicyclic) bond motifs is 1. The molecular weight excluding hydrogens is 340 g/mol. The minimum absolute atomic E-state index is 0.00137. The average molecular weight is 355 g/mol. The summed E-state index contributed by atoms with van der Waals surface area (Å²) >= 11 is 5.86. The molecule has 2 aromatic rings. The van der Waals surface area contributed by atoms with Crippen molar-refractivity contribution in [3.05, 3.63) is 82.1 Å². The SMILES string of the molecule is CN(C)/C=C(/C(=O)c1ccc(Cl)cc1)N1C(=O)c2ccccc2C1=O. The fourth-order valence-electron chi connectivity index (χ4n) is 2.62. The van der Waals surface area contributed by atoms with Gasteiger partial charge in [0.2, 0.25) is 5.78 Å². The summed E-state index contributed by atoms with van der Waals surface area (Å²) in [6, 6.07) is 12.8. The molecule has 126 valence electrons. The number of carbonyl (C=O) groups excluding carboxylic acids is 3. The number of benzene rings is 2. The Morgan fingerprint density at radius 1 is 0.960 bits per heavy atom. The number of imide groups is 1. The lowest BCUT2D eigenvalue weighted by Crippen LogP contribution is -2.34. The number of amides is 2. The highest BCUT2D eigenvalue weighted by Crippen LogP contribution is 2.28. The van der Waals surface area contributed by atoms with Gasteiger partial charge < -0.3 is 4.90 Å². The number of hydrogen-bond donors (Lipinski definition) is 0. The lowest BCUT2D eigenvalue weighted by Gasteiger charge is -2.19. The maximum absolute atomic E-state index is 12.9. The molecule has 5 nitrogen and oxygen atoms in total. The largest absolute Gasteiger partial charge is 0.382 e. The molecule has 0 saturated heterocycles. The van der Waals surface area contributed by atoms with Crippen LogP contribution in [0.5, 0.6) is 0 Å². The van der Waals surface area contributed by atoms with Gasteiger partial charge in [-0.15, -0.1) is 0 Å². The van der Waals surface area contributed by atoms with E-state index in [1.807, 2.05) is 0 Å². The molecule has 1 aliphatic rings. The van der Waals surface area contributed by atoms with Crippen molar-refractivity contribution in [1.29, 1.82) is 0 Å². The summed E-state index contributed by atoms with van der Waals surface area (Å²) in [6.07, 6.45) is 1.47. The summed E-state index contributed by atoms with van der Waals surface area (Å²) in [4.78, 5) is 40.9. The quantitative estimate of drug-likeness (QED) is 0.480. The number of carbonyl (C=O) groups is 3. The molecule has 0 N–H and O–H groups in total. The summed E-state index contributed by atoms with van der Waals surface area (Å²) < 4.78 is 0. The van der Waals surface area contributed by atoms with E-state index in [9.17, 15) is 14.4 Å². The zero-order valence-corrected chi connectivity index (χ0v) is 14.4. The van der Waals surface area contributed by atoms with Crippen LogP contribution in [0.2, 0.25) is 5.02 Å². The van der Waals surface area contributed by atoms with Gasteiger partial charge in [-0.25, -0.2) is 4.90 Å². The second-order valence-electron chi connectivity index (χ2n) is 5.81. The van der Waals surface area contributed by atoms with E-state index in [2.05, 4.69) is 0 Å². The summed E-state index contributed by atoms with van der Waals surface area (Å²) in [7, 11) is 3.43. The summed E-state index contributed by atoms with van der Waals surface area (Å²) in [5, 5.41) is 0.496. The van der Waals surface area contributed by atoms with Crippen LogP contribution in [-0.2, 0) is 0 Å². The van der Waals surface area contributed by atoms with Gasteiger partial charge in [0.1, 0.15) is 5.70 Å². The molecule has 0 fully saturated rings. The summed E-state index contributed by atoms with van der Waals surface area (Å²) in [5.74, 6) is -1.44. The molecular formula is C19H15ClN2O3. The molecule has 3 rings (SSSR count). The number of nitrogens with zero attached hydrogens (tertiary/aromatic N) is 2. The van der Waals surface area contributed by atoms with E-state index in [-0.39, 0.29) is 5.70 Å². The number of hydrogen-bond acceptors (Lipinski definition) is 4. The molecule has 2 amide bonds. The predicted octanol–water partition coefficient (Wildman–Crippen LogP) is 3.22. The first-order valence-electron chi connectivity index (χ1n) is 7.56. The van der Waals surface area contributed by atoms with E-state index in [0.29, 0.717) is 21.7 Å². The number of allylic oxidation sites excluding steroid dienone is 1. The highest BCUT2D eigenvalue weighted by molar-refractivity contribution is 6.31. The first-order chi connectivity index (χ1) is 11.9. The summed E-state index contributed by atoms with van der Waals surface area (Å²) in [6.45, 7) is 0.